The van der Waals surface area contributed by atoms with E-state index in [4.69, 9.17) is 8.83 Å². The molecule has 0 aliphatic carbocycles. The average molecular weight is 363 g/mol. The largest absolute Gasteiger partial charge is 0.464 e. The lowest BCUT2D eigenvalue weighted by molar-refractivity contribution is 0.581. The number of nitrogens with one attached hydrogen (secondary N) is 1. The van der Waals surface area contributed by atoms with Gasteiger partial charge in [-0.2, -0.15) is 0 Å². The van der Waals surface area contributed by atoms with Gasteiger partial charge in [0, 0.05) is 34.5 Å². The van der Waals surface area contributed by atoms with Crippen LogP contribution in [0, 0.1) is 0 Å². The number of benzene rings is 3. The molecule has 0 fully saturated rings. The molecule has 1 aliphatic heterocycles. The molecule has 3 aromatic carbocycles. The zero-order valence-electron chi connectivity index (χ0n) is 15.1. The summed E-state index contributed by atoms with van der Waals surface area (Å²) in [6.45, 7) is 0.737. The van der Waals surface area contributed by atoms with Gasteiger partial charge in [0.1, 0.15) is 11.5 Å². The first kappa shape index (κ1) is 15.3. The van der Waals surface area contributed by atoms with Crippen LogP contribution in [-0.2, 0) is 6.54 Å². The molecular weight excluding hydrogens is 346 g/mol. The van der Waals surface area contributed by atoms with Crippen molar-refractivity contribution < 1.29 is 8.83 Å². The molecule has 3 heteroatoms. The summed E-state index contributed by atoms with van der Waals surface area (Å²) in [6.07, 6.45) is 3.48. The van der Waals surface area contributed by atoms with E-state index in [0.717, 1.165) is 34.9 Å². The van der Waals surface area contributed by atoms with Gasteiger partial charge in [0.05, 0.1) is 12.5 Å². The SMILES string of the molecule is c1coc(-c2c3c(c(-c4ccco4)c4ccccc24)-c2ccccc2NC3)c1. The molecule has 0 saturated heterocycles. The van der Waals surface area contributed by atoms with E-state index in [-0.39, 0.29) is 0 Å². The summed E-state index contributed by atoms with van der Waals surface area (Å²) in [4.78, 5) is 0. The van der Waals surface area contributed by atoms with Crippen LogP contribution < -0.4 is 5.32 Å². The molecule has 0 amide bonds. The van der Waals surface area contributed by atoms with Crippen molar-refractivity contribution in [3.8, 4) is 33.8 Å². The van der Waals surface area contributed by atoms with Gasteiger partial charge in [0.2, 0.25) is 0 Å². The topological polar surface area (TPSA) is 38.3 Å². The molecule has 134 valence electrons. The Kier molecular flexibility index (Phi) is 3.23. The summed E-state index contributed by atoms with van der Waals surface area (Å²) >= 11 is 0. The van der Waals surface area contributed by atoms with E-state index in [0.29, 0.717) is 0 Å². The Labute approximate surface area is 162 Å². The minimum atomic E-state index is 0.737. The van der Waals surface area contributed by atoms with Crippen molar-refractivity contribution in [1.29, 1.82) is 0 Å². The van der Waals surface area contributed by atoms with E-state index in [2.05, 4.69) is 53.8 Å². The molecule has 0 bridgehead atoms. The lowest BCUT2D eigenvalue weighted by atomic mass is 9.82. The molecule has 0 unspecified atom stereocenters. The Morgan fingerprint density at radius 2 is 1.25 bits per heavy atom. The highest BCUT2D eigenvalue weighted by Crippen LogP contribution is 2.50. The third-order valence-electron chi connectivity index (χ3n) is 5.51. The lowest BCUT2D eigenvalue weighted by Gasteiger charge is -2.27. The molecule has 0 saturated carbocycles. The van der Waals surface area contributed by atoms with Gasteiger partial charge in [0.25, 0.3) is 0 Å². The number of hydrogen-bond acceptors (Lipinski definition) is 3. The fourth-order valence-electron chi connectivity index (χ4n) is 4.38. The lowest BCUT2D eigenvalue weighted by Crippen LogP contribution is -2.11. The maximum absolute atomic E-state index is 5.90. The molecule has 5 aromatic rings. The summed E-state index contributed by atoms with van der Waals surface area (Å²) in [6, 6.07) is 24.9. The zero-order chi connectivity index (χ0) is 18.5. The highest BCUT2D eigenvalue weighted by atomic mass is 16.3. The van der Waals surface area contributed by atoms with E-state index in [1.54, 1.807) is 12.5 Å². The number of fused-ring (bicyclic) bond motifs is 4. The predicted molar refractivity (Wildman–Crippen MR) is 112 cm³/mol. The minimum absolute atomic E-state index is 0.737. The van der Waals surface area contributed by atoms with Crippen molar-refractivity contribution in [3.05, 3.63) is 90.9 Å². The first-order chi connectivity index (χ1) is 13.9. The molecule has 28 heavy (non-hydrogen) atoms. The third kappa shape index (κ3) is 2.10. The summed E-state index contributed by atoms with van der Waals surface area (Å²) in [5.74, 6) is 1.77. The quantitative estimate of drug-likeness (QED) is 0.369. The first-order valence-electron chi connectivity index (χ1n) is 9.40. The second-order valence-electron chi connectivity index (χ2n) is 7.00. The number of furan rings is 2. The highest BCUT2D eigenvalue weighted by molar-refractivity contribution is 6.13. The van der Waals surface area contributed by atoms with Crippen LogP contribution in [0.1, 0.15) is 5.56 Å². The van der Waals surface area contributed by atoms with E-state index in [1.807, 2.05) is 24.3 Å². The molecule has 1 aliphatic rings. The van der Waals surface area contributed by atoms with Crippen molar-refractivity contribution in [1.82, 2.24) is 0 Å². The first-order valence-corrected chi connectivity index (χ1v) is 9.40. The summed E-state index contributed by atoms with van der Waals surface area (Å²) < 4.78 is 11.8. The zero-order valence-corrected chi connectivity index (χ0v) is 15.1. The van der Waals surface area contributed by atoms with Gasteiger partial charge in [-0.05, 0) is 46.7 Å². The fraction of sp³-hybridized carbons (Fsp3) is 0.0400. The van der Waals surface area contributed by atoms with E-state index >= 15 is 0 Å². The molecule has 2 aromatic heterocycles. The minimum Gasteiger partial charge on any atom is -0.464 e. The van der Waals surface area contributed by atoms with Gasteiger partial charge >= 0.3 is 0 Å². The van der Waals surface area contributed by atoms with Crippen LogP contribution in [-0.4, -0.2) is 0 Å². The Bertz CT molecular complexity index is 1300. The number of para-hydroxylation sites is 1. The van der Waals surface area contributed by atoms with Crippen molar-refractivity contribution in [2.75, 3.05) is 5.32 Å². The van der Waals surface area contributed by atoms with Crippen LogP contribution in [0.3, 0.4) is 0 Å². The average Bonchev–Trinajstić information content (AvgIpc) is 3.46. The summed E-state index contributed by atoms with van der Waals surface area (Å²) in [7, 11) is 0. The Hall–Kier alpha value is -3.72. The monoisotopic (exact) mass is 363 g/mol. The van der Waals surface area contributed by atoms with Gasteiger partial charge in [-0.1, -0.05) is 42.5 Å². The maximum Gasteiger partial charge on any atom is 0.135 e. The van der Waals surface area contributed by atoms with Crippen molar-refractivity contribution in [2.45, 2.75) is 6.54 Å². The van der Waals surface area contributed by atoms with Crippen LogP contribution in [0.5, 0.6) is 0 Å². The van der Waals surface area contributed by atoms with E-state index in [9.17, 15) is 0 Å². The Balaban J connectivity index is 1.85. The predicted octanol–water partition coefficient (Wildman–Crippen LogP) is 6.95. The summed E-state index contributed by atoms with van der Waals surface area (Å²) in [5.41, 5.74) is 7.07. The molecule has 1 N–H and O–H groups in total. The molecule has 6 rings (SSSR count). The van der Waals surface area contributed by atoms with Crippen LogP contribution in [0.15, 0.2) is 94.2 Å². The maximum atomic E-state index is 5.90. The van der Waals surface area contributed by atoms with Gasteiger partial charge < -0.3 is 14.2 Å². The van der Waals surface area contributed by atoms with Crippen LogP contribution in [0.4, 0.5) is 5.69 Å². The number of rotatable bonds is 2. The summed E-state index contributed by atoms with van der Waals surface area (Å²) in [5, 5.41) is 5.92. The van der Waals surface area contributed by atoms with Gasteiger partial charge in [-0.15, -0.1) is 0 Å². The second-order valence-corrected chi connectivity index (χ2v) is 7.00. The molecule has 0 atom stereocenters. The van der Waals surface area contributed by atoms with Crippen LogP contribution in [0.25, 0.3) is 44.5 Å². The Morgan fingerprint density at radius 1 is 0.607 bits per heavy atom. The standard InChI is InChI=1S/C25H17NO2/c1-2-8-17-16(7-1)23(21-11-5-13-27-21)19-15-26-20-10-4-3-9-18(20)24(19)25(17)22-12-6-14-28-22/h1-14,26H,15H2. The molecule has 0 radical (unpaired) electrons. The second kappa shape index (κ2) is 5.89. The highest BCUT2D eigenvalue weighted by Gasteiger charge is 2.28. The van der Waals surface area contributed by atoms with Crippen LogP contribution in [0.2, 0.25) is 0 Å². The van der Waals surface area contributed by atoms with Gasteiger partial charge in [0.15, 0.2) is 0 Å². The fourth-order valence-corrected chi connectivity index (χ4v) is 4.38. The van der Waals surface area contributed by atoms with E-state index < -0.39 is 0 Å². The number of hydrogen-bond donors (Lipinski definition) is 1. The van der Waals surface area contributed by atoms with E-state index in [1.165, 1.54) is 27.5 Å². The number of anilines is 1. The van der Waals surface area contributed by atoms with Crippen LogP contribution >= 0.6 is 0 Å². The smallest absolute Gasteiger partial charge is 0.135 e. The normalized spacial score (nSPS) is 12.4. The van der Waals surface area contributed by atoms with Gasteiger partial charge in [-0.3, -0.25) is 0 Å². The Morgan fingerprint density at radius 3 is 1.96 bits per heavy atom. The molecule has 0 spiro atoms. The van der Waals surface area contributed by atoms with Crippen molar-refractivity contribution in [3.63, 3.8) is 0 Å². The third-order valence-corrected chi connectivity index (χ3v) is 5.51. The molecule has 3 nitrogen and oxygen atoms in total. The molecule has 3 heterocycles. The van der Waals surface area contributed by atoms with Gasteiger partial charge in [-0.25, -0.2) is 0 Å². The van der Waals surface area contributed by atoms with Crippen molar-refractivity contribution in [2.24, 2.45) is 0 Å². The van der Waals surface area contributed by atoms with Crippen molar-refractivity contribution >= 4 is 16.5 Å². The molecular formula is C25H17NO2.